The van der Waals surface area contributed by atoms with Crippen molar-refractivity contribution in [1.29, 1.82) is 0 Å². The number of benzene rings is 1. The third-order valence-corrected chi connectivity index (χ3v) is 2.37. The highest BCUT2D eigenvalue weighted by molar-refractivity contribution is 9.10. The number of nitrogens with one attached hydrogen (secondary N) is 1. The second kappa shape index (κ2) is 4.52. The molecule has 2 rings (SSSR count). The average Bonchev–Trinajstić information content (AvgIpc) is 2.20. The molecular formula is C10H6BrF2N3. The van der Waals surface area contributed by atoms with E-state index >= 15 is 0 Å². The molecule has 0 amide bonds. The standard InChI is InChI=1S/C10H6BrF2N3/c11-9-4-14-5-15-10(9)16-8-2-6(12)1-7(13)3-8/h1-5H,(H,14,15,16). The molecule has 0 spiro atoms. The van der Waals surface area contributed by atoms with E-state index in [4.69, 9.17) is 0 Å². The van der Waals surface area contributed by atoms with Gasteiger partial charge in [-0.25, -0.2) is 18.7 Å². The first-order chi connectivity index (χ1) is 7.65. The van der Waals surface area contributed by atoms with E-state index in [2.05, 4.69) is 31.2 Å². The van der Waals surface area contributed by atoms with Crippen LogP contribution in [0, 0.1) is 11.6 Å². The van der Waals surface area contributed by atoms with Crippen molar-refractivity contribution in [2.45, 2.75) is 0 Å². The fourth-order valence-electron chi connectivity index (χ4n) is 1.17. The highest BCUT2D eigenvalue weighted by Crippen LogP contribution is 2.23. The quantitative estimate of drug-likeness (QED) is 0.920. The van der Waals surface area contributed by atoms with E-state index in [1.54, 1.807) is 0 Å². The van der Waals surface area contributed by atoms with Crippen LogP contribution >= 0.6 is 15.9 Å². The summed E-state index contributed by atoms with van der Waals surface area (Å²) in [6.45, 7) is 0. The van der Waals surface area contributed by atoms with Gasteiger partial charge in [-0.3, -0.25) is 0 Å². The lowest BCUT2D eigenvalue weighted by molar-refractivity contribution is 0.584. The molecule has 6 heteroatoms. The normalized spacial score (nSPS) is 10.2. The largest absolute Gasteiger partial charge is 0.339 e. The van der Waals surface area contributed by atoms with E-state index in [1.807, 2.05) is 0 Å². The molecule has 1 aromatic carbocycles. The van der Waals surface area contributed by atoms with Crippen molar-refractivity contribution in [3.05, 3.63) is 46.8 Å². The Morgan fingerprint density at radius 3 is 2.44 bits per heavy atom. The van der Waals surface area contributed by atoms with Crippen molar-refractivity contribution in [2.24, 2.45) is 0 Å². The molecule has 1 aromatic heterocycles. The molecule has 0 unspecified atom stereocenters. The van der Waals surface area contributed by atoms with Crippen molar-refractivity contribution in [1.82, 2.24) is 9.97 Å². The van der Waals surface area contributed by atoms with Crippen LogP contribution in [-0.2, 0) is 0 Å². The zero-order valence-electron chi connectivity index (χ0n) is 7.92. The van der Waals surface area contributed by atoms with Crippen LogP contribution in [0.3, 0.4) is 0 Å². The van der Waals surface area contributed by atoms with Crippen molar-refractivity contribution in [3.8, 4) is 0 Å². The molecule has 16 heavy (non-hydrogen) atoms. The van der Waals surface area contributed by atoms with Gasteiger partial charge in [0.05, 0.1) is 4.47 Å². The molecule has 0 aliphatic heterocycles. The molecule has 2 aromatic rings. The summed E-state index contributed by atoms with van der Waals surface area (Å²) in [5, 5.41) is 2.78. The molecule has 82 valence electrons. The van der Waals surface area contributed by atoms with Crippen LogP contribution in [-0.4, -0.2) is 9.97 Å². The maximum atomic E-state index is 12.9. The molecule has 1 heterocycles. The molecule has 3 nitrogen and oxygen atoms in total. The Kier molecular flexibility index (Phi) is 3.09. The summed E-state index contributed by atoms with van der Waals surface area (Å²) in [4.78, 5) is 7.69. The first-order valence-corrected chi connectivity index (χ1v) is 5.13. The van der Waals surface area contributed by atoms with Gasteiger partial charge in [-0.2, -0.15) is 0 Å². The molecule has 0 bridgehead atoms. The van der Waals surface area contributed by atoms with E-state index in [9.17, 15) is 8.78 Å². The summed E-state index contributed by atoms with van der Waals surface area (Å²) in [6, 6.07) is 3.16. The number of aromatic nitrogens is 2. The third-order valence-electron chi connectivity index (χ3n) is 1.79. The Morgan fingerprint density at radius 1 is 1.12 bits per heavy atom. The monoisotopic (exact) mass is 285 g/mol. The highest BCUT2D eigenvalue weighted by atomic mass is 79.9. The number of halogens is 3. The lowest BCUT2D eigenvalue weighted by atomic mass is 10.3. The van der Waals surface area contributed by atoms with Gasteiger partial charge in [0.15, 0.2) is 0 Å². The van der Waals surface area contributed by atoms with Gasteiger partial charge in [0, 0.05) is 18.0 Å². The lowest BCUT2D eigenvalue weighted by Crippen LogP contribution is -1.96. The molecule has 0 aliphatic carbocycles. The van der Waals surface area contributed by atoms with E-state index in [1.165, 1.54) is 24.7 Å². The number of nitrogens with zero attached hydrogens (tertiary/aromatic N) is 2. The second-order valence-electron chi connectivity index (χ2n) is 3.00. The summed E-state index contributed by atoms with van der Waals surface area (Å²) >= 11 is 3.22. The van der Waals surface area contributed by atoms with Gasteiger partial charge in [0.1, 0.15) is 23.8 Å². The summed E-state index contributed by atoms with van der Waals surface area (Å²) in [5.41, 5.74) is 0.289. The maximum absolute atomic E-state index is 12.9. The minimum Gasteiger partial charge on any atom is -0.339 e. The predicted molar refractivity (Wildman–Crippen MR) is 59.4 cm³/mol. The molecule has 0 atom stereocenters. The average molecular weight is 286 g/mol. The van der Waals surface area contributed by atoms with Crippen molar-refractivity contribution < 1.29 is 8.78 Å². The van der Waals surface area contributed by atoms with Crippen LogP contribution in [0.4, 0.5) is 20.3 Å². The van der Waals surface area contributed by atoms with Gasteiger partial charge in [0.25, 0.3) is 0 Å². The Bertz CT molecular complexity index is 499. The van der Waals surface area contributed by atoms with Crippen LogP contribution in [0.25, 0.3) is 0 Å². The van der Waals surface area contributed by atoms with Crippen molar-refractivity contribution in [3.63, 3.8) is 0 Å². The molecule has 0 radical (unpaired) electrons. The number of rotatable bonds is 2. The predicted octanol–water partition coefficient (Wildman–Crippen LogP) is 3.26. The first-order valence-electron chi connectivity index (χ1n) is 4.34. The smallest absolute Gasteiger partial charge is 0.148 e. The van der Waals surface area contributed by atoms with E-state index in [0.29, 0.717) is 10.3 Å². The van der Waals surface area contributed by atoms with Gasteiger partial charge >= 0.3 is 0 Å². The zero-order chi connectivity index (χ0) is 11.5. The molecular weight excluding hydrogens is 280 g/mol. The number of hydrogen-bond acceptors (Lipinski definition) is 3. The fourth-order valence-corrected chi connectivity index (χ4v) is 1.49. The zero-order valence-corrected chi connectivity index (χ0v) is 9.50. The number of anilines is 2. The summed E-state index contributed by atoms with van der Waals surface area (Å²) < 4.78 is 26.4. The molecule has 0 fully saturated rings. The Hall–Kier alpha value is -1.56. The van der Waals surface area contributed by atoms with Crippen LogP contribution in [0.15, 0.2) is 35.2 Å². The minimum atomic E-state index is -0.646. The highest BCUT2D eigenvalue weighted by Gasteiger charge is 2.04. The molecule has 0 saturated carbocycles. The first kappa shape index (κ1) is 10.9. The van der Waals surface area contributed by atoms with Crippen LogP contribution in [0.1, 0.15) is 0 Å². The van der Waals surface area contributed by atoms with Crippen molar-refractivity contribution >= 4 is 27.4 Å². The number of hydrogen-bond donors (Lipinski definition) is 1. The molecule has 0 aliphatic rings. The Balaban J connectivity index is 2.30. The van der Waals surface area contributed by atoms with Crippen molar-refractivity contribution in [2.75, 3.05) is 5.32 Å². The molecule has 1 N–H and O–H groups in total. The van der Waals surface area contributed by atoms with Gasteiger partial charge < -0.3 is 5.32 Å². The second-order valence-corrected chi connectivity index (χ2v) is 3.86. The summed E-state index contributed by atoms with van der Waals surface area (Å²) in [5.74, 6) is -0.847. The van der Waals surface area contributed by atoms with E-state index < -0.39 is 11.6 Å². The van der Waals surface area contributed by atoms with Gasteiger partial charge in [0.2, 0.25) is 0 Å². The van der Waals surface area contributed by atoms with E-state index in [-0.39, 0.29) is 5.69 Å². The Morgan fingerprint density at radius 2 is 1.81 bits per heavy atom. The topological polar surface area (TPSA) is 37.8 Å². The van der Waals surface area contributed by atoms with Crippen LogP contribution in [0.2, 0.25) is 0 Å². The van der Waals surface area contributed by atoms with E-state index in [0.717, 1.165) is 6.07 Å². The fraction of sp³-hybridized carbons (Fsp3) is 0. The van der Waals surface area contributed by atoms with Gasteiger partial charge in [-0.1, -0.05) is 0 Å². The lowest BCUT2D eigenvalue weighted by Gasteiger charge is -2.06. The SMILES string of the molecule is Fc1cc(F)cc(Nc2ncncc2Br)c1. The van der Waals surface area contributed by atoms with Crippen LogP contribution in [0.5, 0.6) is 0 Å². The minimum absolute atomic E-state index is 0.289. The van der Waals surface area contributed by atoms with Gasteiger partial charge in [-0.15, -0.1) is 0 Å². The summed E-state index contributed by atoms with van der Waals surface area (Å²) in [6.07, 6.45) is 2.87. The van der Waals surface area contributed by atoms with Gasteiger partial charge in [-0.05, 0) is 28.1 Å². The Labute approximate surface area is 98.7 Å². The maximum Gasteiger partial charge on any atom is 0.148 e. The molecule has 0 saturated heterocycles. The summed E-state index contributed by atoms with van der Waals surface area (Å²) in [7, 11) is 0. The van der Waals surface area contributed by atoms with Crippen LogP contribution < -0.4 is 5.32 Å². The third kappa shape index (κ3) is 2.52.